The van der Waals surface area contributed by atoms with E-state index >= 15 is 0 Å². The first-order valence-corrected chi connectivity index (χ1v) is 10.0. The highest BCUT2D eigenvalue weighted by Crippen LogP contribution is 2.22. The molecule has 2 aromatic rings. The fourth-order valence-electron chi connectivity index (χ4n) is 3.40. The summed E-state index contributed by atoms with van der Waals surface area (Å²) in [5.74, 6) is 0.188. The van der Waals surface area contributed by atoms with E-state index in [0.29, 0.717) is 11.6 Å². The second kappa shape index (κ2) is 10.2. The van der Waals surface area contributed by atoms with Gasteiger partial charge in [0.1, 0.15) is 0 Å². The van der Waals surface area contributed by atoms with Crippen LogP contribution >= 0.6 is 11.6 Å². The van der Waals surface area contributed by atoms with Gasteiger partial charge in [-0.1, -0.05) is 41.9 Å². The highest BCUT2D eigenvalue weighted by atomic mass is 35.5. The van der Waals surface area contributed by atoms with Gasteiger partial charge in [-0.15, -0.1) is 0 Å². The third-order valence-electron chi connectivity index (χ3n) is 5.04. The Kier molecular flexibility index (Phi) is 7.40. The van der Waals surface area contributed by atoms with Crippen molar-refractivity contribution in [2.45, 2.75) is 12.8 Å². The van der Waals surface area contributed by atoms with E-state index in [4.69, 9.17) is 11.6 Å². The fraction of sp³-hybridized carbons (Fsp3) is 0.304. The van der Waals surface area contributed by atoms with Gasteiger partial charge in [0.2, 0.25) is 5.91 Å². The Morgan fingerprint density at radius 1 is 1.04 bits per heavy atom. The van der Waals surface area contributed by atoms with Gasteiger partial charge in [-0.05, 0) is 61.8 Å². The van der Waals surface area contributed by atoms with Gasteiger partial charge in [-0.3, -0.25) is 9.59 Å². The van der Waals surface area contributed by atoms with E-state index in [0.717, 1.165) is 43.6 Å². The van der Waals surface area contributed by atoms with E-state index in [1.54, 1.807) is 30.3 Å². The Morgan fingerprint density at radius 3 is 2.39 bits per heavy atom. The Balaban J connectivity index is 1.36. The number of hydrogen-bond acceptors (Lipinski definition) is 3. The molecule has 1 heterocycles. The minimum absolute atomic E-state index is 0.0702. The third kappa shape index (κ3) is 6.04. The van der Waals surface area contributed by atoms with Crippen LogP contribution in [0, 0.1) is 5.92 Å². The van der Waals surface area contributed by atoms with Gasteiger partial charge in [0, 0.05) is 35.7 Å². The van der Waals surface area contributed by atoms with E-state index < -0.39 is 0 Å². The largest absolute Gasteiger partial charge is 0.351 e. The molecule has 0 spiro atoms. The number of likely N-dealkylation sites (tertiary alicyclic amines) is 1. The van der Waals surface area contributed by atoms with Crippen molar-refractivity contribution in [3.8, 4) is 0 Å². The Hall–Kier alpha value is -2.43. The van der Waals surface area contributed by atoms with Crippen molar-refractivity contribution in [2.75, 3.05) is 26.2 Å². The zero-order valence-corrected chi connectivity index (χ0v) is 16.6. The molecule has 1 aliphatic rings. The molecule has 0 unspecified atom stereocenters. The number of halogens is 1. The maximum absolute atomic E-state index is 12.6. The molecule has 0 aliphatic carbocycles. The van der Waals surface area contributed by atoms with Crippen molar-refractivity contribution in [1.82, 2.24) is 10.2 Å². The lowest BCUT2D eigenvalue weighted by Gasteiger charge is -2.31. The summed E-state index contributed by atoms with van der Waals surface area (Å²) in [5, 5.41) is 3.56. The highest BCUT2D eigenvalue weighted by Gasteiger charge is 2.25. The Bertz CT molecular complexity index is 810. The number of benzene rings is 2. The fourth-order valence-corrected chi connectivity index (χ4v) is 3.53. The summed E-state index contributed by atoms with van der Waals surface area (Å²) in [6.45, 7) is 3.15. The molecule has 1 amide bonds. The first-order chi connectivity index (χ1) is 13.6. The zero-order valence-electron chi connectivity index (χ0n) is 15.8. The predicted octanol–water partition coefficient (Wildman–Crippen LogP) is 4.06. The Labute approximate surface area is 171 Å². The standard InChI is InChI=1S/C23H25ClN2O2/c24-21-9-7-19(8-10-21)23(28)20-12-15-26(16-13-20)17-14-25-22(27)11-6-18-4-2-1-3-5-18/h1-11,20H,12-17H2,(H,25,27)/b11-6+. The monoisotopic (exact) mass is 396 g/mol. The number of Topliss-reactive ketones (excluding diaryl/α,β-unsaturated/α-hetero) is 1. The quantitative estimate of drug-likeness (QED) is 0.567. The number of carbonyl (C=O) groups is 2. The van der Waals surface area contributed by atoms with Crippen LogP contribution in [0.2, 0.25) is 5.02 Å². The van der Waals surface area contributed by atoms with Crippen molar-refractivity contribution in [1.29, 1.82) is 0 Å². The van der Waals surface area contributed by atoms with Gasteiger partial charge in [-0.2, -0.15) is 0 Å². The molecule has 0 saturated carbocycles. The molecule has 0 radical (unpaired) electrons. The lowest BCUT2D eigenvalue weighted by atomic mass is 9.89. The third-order valence-corrected chi connectivity index (χ3v) is 5.29. The number of nitrogens with zero attached hydrogens (tertiary/aromatic N) is 1. The molecule has 1 N–H and O–H groups in total. The van der Waals surface area contributed by atoms with E-state index in [-0.39, 0.29) is 17.6 Å². The minimum atomic E-state index is -0.0864. The molecule has 3 rings (SSSR count). The predicted molar refractivity (Wildman–Crippen MR) is 113 cm³/mol. The number of amides is 1. The van der Waals surface area contributed by atoms with Crippen molar-refractivity contribution in [3.63, 3.8) is 0 Å². The number of piperidine rings is 1. The van der Waals surface area contributed by atoms with Crippen molar-refractivity contribution < 1.29 is 9.59 Å². The van der Waals surface area contributed by atoms with Crippen LogP contribution in [0.4, 0.5) is 0 Å². The van der Waals surface area contributed by atoms with Crippen LogP contribution in [-0.2, 0) is 4.79 Å². The van der Waals surface area contributed by atoms with Crippen LogP contribution in [0.3, 0.4) is 0 Å². The number of rotatable bonds is 7. The smallest absolute Gasteiger partial charge is 0.244 e. The normalized spacial score (nSPS) is 15.6. The van der Waals surface area contributed by atoms with E-state index in [1.165, 1.54) is 0 Å². The van der Waals surface area contributed by atoms with Gasteiger partial charge in [0.25, 0.3) is 0 Å². The maximum atomic E-state index is 12.6. The van der Waals surface area contributed by atoms with Crippen LogP contribution in [0.5, 0.6) is 0 Å². The molecular formula is C23H25ClN2O2. The summed E-state index contributed by atoms with van der Waals surface area (Å²) < 4.78 is 0. The summed E-state index contributed by atoms with van der Waals surface area (Å²) in [5.41, 5.74) is 1.74. The molecule has 5 heteroatoms. The van der Waals surface area contributed by atoms with Crippen LogP contribution in [-0.4, -0.2) is 42.8 Å². The van der Waals surface area contributed by atoms with Gasteiger partial charge in [0.05, 0.1) is 0 Å². The first-order valence-electron chi connectivity index (χ1n) is 9.65. The van der Waals surface area contributed by atoms with Crippen LogP contribution < -0.4 is 5.32 Å². The SMILES string of the molecule is O=C(/C=C/c1ccccc1)NCCN1CCC(C(=O)c2ccc(Cl)cc2)CC1. The van der Waals surface area contributed by atoms with Gasteiger partial charge in [-0.25, -0.2) is 0 Å². The maximum Gasteiger partial charge on any atom is 0.244 e. The van der Waals surface area contributed by atoms with Gasteiger partial charge in [0.15, 0.2) is 5.78 Å². The topological polar surface area (TPSA) is 49.4 Å². The molecule has 146 valence electrons. The highest BCUT2D eigenvalue weighted by molar-refractivity contribution is 6.30. The lowest BCUT2D eigenvalue weighted by Crippen LogP contribution is -2.40. The molecular weight excluding hydrogens is 372 g/mol. The molecule has 0 bridgehead atoms. The molecule has 1 saturated heterocycles. The van der Waals surface area contributed by atoms with E-state index in [1.807, 2.05) is 36.4 Å². The lowest BCUT2D eigenvalue weighted by molar-refractivity contribution is -0.116. The summed E-state index contributed by atoms with van der Waals surface area (Å²) >= 11 is 5.89. The second-order valence-electron chi connectivity index (χ2n) is 7.02. The summed E-state index contributed by atoms with van der Waals surface area (Å²) in [4.78, 5) is 26.8. The average Bonchev–Trinajstić information content (AvgIpc) is 2.73. The van der Waals surface area contributed by atoms with Gasteiger partial charge < -0.3 is 10.2 Å². The van der Waals surface area contributed by atoms with E-state index in [9.17, 15) is 9.59 Å². The van der Waals surface area contributed by atoms with Crippen LogP contribution in [0.15, 0.2) is 60.7 Å². The minimum Gasteiger partial charge on any atom is -0.351 e. The van der Waals surface area contributed by atoms with Crippen LogP contribution in [0.25, 0.3) is 6.08 Å². The van der Waals surface area contributed by atoms with Crippen molar-refractivity contribution in [3.05, 3.63) is 76.8 Å². The molecule has 1 fully saturated rings. The molecule has 2 aromatic carbocycles. The molecule has 0 atom stereocenters. The second-order valence-corrected chi connectivity index (χ2v) is 7.46. The number of carbonyl (C=O) groups excluding carboxylic acids is 2. The zero-order chi connectivity index (χ0) is 19.8. The first kappa shape index (κ1) is 20.3. The van der Waals surface area contributed by atoms with Crippen molar-refractivity contribution in [2.24, 2.45) is 5.92 Å². The molecule has 28 heavy (non-hydrogen) atoms. The molecule has 1 aliphatic heterocycles. The average molecular weight is 397 g/mol. The molecule has 4 nitrogen and oxygen atoms in total. The Morgan fingerprint density at radius 2 is 1.71 bits per heavy atom. The summed E-state index contributed by atoms with van der Waals surface area (Å²) in [6.07, 6.45) is 5.07. The number of nitrogens with one attached hydrogen (secondary N) is 1. The van der Waals surface area contributed by atoms with Gasteiger partial charge >= 0.3 is 0 Å². The van der Waals surface area contributed by atoms with Crippen molar-refractivity contribution >= 4 is 29.4 Å². The molecule has 0 aromatic heterocycles. The van der Waals surface area contributed by atoms with E-state index in [2.05, 4.69) is 10.2 Å². The van der Waals surface area contributed by atoms with Crippen LogP contribution in [0.1, 0.15) is 28.8 Å². The number of ketones is 1. The summed E-state index contributed by atoms with van der Waals surface area (Å²) in [7, 11) is 0. The summed E-state index contributed by atoms with van der Waals surface area (Å²) in [6, 6.07) is 16.9. The number of hydrogen-bond donors (Lipinski definition) is 1.